The van der Waals surface area contributed by atoms with Gasteiger partial charge >= 0.3 is 0 Å². The minimum atomic E-state index is 0.565. The molecule has 18 heavy (non-hydrogen) atoms. The molecular weight excluding hydrogens is 218 g/mol. The van der Waals surface area contributed by atoms with Crippen LogP contribution in [-0.4, -0.2) is 12.6 Å². The van der Waals surface area contributed by atoms with Gasteiger partial charge in [-0.2, -0.15) is 0 Å². The highest BCUT2D eigenvalue weighted by atomic mass is 14.9. The van der Waals surface area contributed by atoms with E-state index in [0.717, 1.165) is 19.0 Å². The normalized spacial score (nSPS) is 23.6. The average Bonchev–Trinajstić information content (AvgIpc) is 2.52. The third-order valence-corrected chi connectivity index (χ3v) is 4.27. The molecule has 1 unspecified atom stereocenters. The van der Waals surface area contributed by atoms with Crippen LogP contribution in [-0.2, 0) is 6.42 Å². The van der Waals surface area contributed by atoms with Crippen LogP contribution in [0.1, 0.15) is 51.5 Å². The summed E-state index contributed by atoms with van der Waals surface area (Å²) in [6.45, 7) is 5.95. The van der Waals surface area contributed by atoms with Gasteiger partial charge in [0, 0.05) is 6.04 Å². The van der Waals surface area contributed by atoms with Gasteiger partial charge in [0.2, 0.25) is 0 Å². The van der Waals surface area contributed by atoms with Crippen molar-refractivity contribution in [2.24, 2.45) is 5.41 Å². The third kappa shape index (κ3) is 4.45. The molecule has 0 radical (unpaired) electrons. The standard InChI is InChI=1S/C17H27N/c1-17(2)12-6-9-16(10-13-17)18-14-11-15-7-4-3-5-8-15/h3-5,7-8,16,18H,6,9-14H2,1-2H3. The van der Waals surface area contributed by atoms with Crippen molar-refractivity contribution in [2.75, 3.05) is 6.54 Å². The van der Waals surface area contributed by atoms with Gasteiger partial charge < -0.3 is 5.32 Å². The van der Waals surface area contributed by atoms with Crippen LogP contribution in [0.25, 0.3) is 0 Å². The Kier molecular flexibility index (Phi) is 4.82. The highest BCUT2D eigenvalue weighted by Gasteiger charge is 2.23. The monoisotopic (exact) mass is 245 g/mol. The predicted molar refractivity (Wildman–Crippen MR) is 78.8 cm³/mol. The smallest absolute Gasteiger partial charge is 0.00673 e. The minimum Gasteiger partial charge on any atom is -0.314 e. The zero-order valence-electron chi connectivity index (χ0n) is 11.9. The molecule has 1 aromatic rings. The summed E-state index contributed by atoms with van der Waals surface area (Å²) in [5.41, 5.74) is 2.01. The largest absolute Gasteiger partial charge is 0.314 e. The molecular formula is C17H27N. The topological polar surface area (TPSA) is 12.0 Å². The average molecular weight is 245 g/mol. The van der Waals surface area contributed by atoms with Crippen molar-refractivity contribution in [3.63, 3.8) is 0 Å². The van der Waals surface area contributed by atoms with Gasteiger partial charge in [0.1, 0.15) is 0 Å². The van der Waals surface area contributed by atoms with Crippen LogP contribution < -0.4 is 5.32 Å². The molecule has 0 spiro atoms. The summed E-state index contributed by atoms with van der Waals surface area (Å²) in [4.78, 5) is 0. The minimum absolute atomic E-state index is 0.565. The van der Waals surface area contributed by atoms with Crippen molar-refractivity contribution in [2.45, 2.75) is 58.4 Å². The predicted octanol–water partition coefficient (Wildman–Crippen LogP) is 4.18. The molecule has 2 rings (SSSR count). The summed E-state index contributed by atoms with van der Waals surface area (Å²) in [6, 6.07) is 11.5. The lowest BCUT2D eigenvalue weighted by atomic mass is 9.85. The molecule has 1 aliphatic carbocycles. The van der Waals surface area contributed by atoms with Gasteiger partial charge in [-0.05, 0) is 49.6 Å². The quantitative estimate of drug-likeness (QED) is 0.785. The van der Waals surface area contributed by atoms with Crippen LogP contribution in [0.3, 0.4) is 0 Å². The first-order valence-corrected chi connectivity index (χ1v) is 7.43. The van der Waals surface area contributed by atoms with Gasteiger partial charge in [-0.1, -0.05) is 50.6 Å². The Morgan fingerprint density at radius 2 is 1.89 bits per heavy atom. The molecule has 1 aromatic carbocycles. The lowest BCUT2D eigenvalue weighted by molar-refractivity contribution is 0.310. The van der Waals surface area contributed by atoms with Crippen molar-refractivity contribution in [1.82, 2.24) is 5.32 Å². The fourth-order valence-electron chi connectivity index (χ4n) is 2.93. The lowest BCUT2D eigenvalue weighted by Gasteiger charge is -2.22. The van der Waals surface area contributed by atoms with Crippen LogP contribution in [0.2, 0.25) is 0 Å². The molecule has 0 aliphatic heterocycles. The molecule has 100 valence electrons. The molecule has 1 heteroatoms. The summed E-state index contributed by atoms with van der Waals surface area (Å²) in [6.07, 6.45) is 8.01. The van der Waals surface area contributed by atoms with Crippen LogP contribution >= 0.6 is 0 Å². The molecule has 0 aromatic heterocycles. The van der Waals surface area contributed by atoms with Crippen molar-refractivity contribution >= 4 is 0 Å². The maximum absolute atomic E-state index is 3.75. The van der Waals surface area contributed by atoms with Crippen LogP contribution in [0.4, 0.5) is 0 Å². The zero-order chi connectivity index (χ0) is 12.8. The maximum atomic E-state index is 3.75. The van der Waals surface area contributed by atoms with E-state index < -0.39 is 0 Å². The SMILES string of the molecule is CC1(C)CCCC(NCCc2ccccc2)CC1. The van der Waals surface area contributed by atoms with Gasteiger partial charge in [-0.25, -0.2) is 0 Å². The van der Waals surface area contributed by atoms with E-state index in [4.69, 9.17) is 0 Å². The van der Waals surface area contributed by atoms with Gasteiger partial charge in [0.05, 0.1) is 0 Å². The Morgan fingerprint density at radius 3 is 2.67 bits per heavy atom. The molecule has 1 atom stereocenters. The number of hydrogen-bond donors (Lipinski definition) is 1. The Hall–Kier alpha value is -0.820. The highest BCUT2D eigenvalue weighted by molar-refractivity contribution is 5.14. The van der Waals surface area contributed by atoms with Crippen molar-refractivity contribution in [1.29, 1.82) is 0 Å². The van der Waals surface area contributed by atoms with E-state index in [9.17, 15) is 0 Å². The summed E-state index contributed by atoms with van der Waals surface area (Å²) in [7, 11) is 0. The highest BCUT2D eigenvalue weighted by Crippen LogP contribution is 2.33. The first-order valence-electron chi connectivity index (χ1n) is 7.43. The van der Waals surface area contributed by atoms with Crippen molar-refractivity contribution < 1.29 is 0 Å². The fourth-order valence-corrected chi connectivity index (χ4v) is 2.93. The maximum Gasteiger partial charge on any atom is 0.00673 e. The van der Waals surface area contributed by atoms with E-state index in [1.807, 2.05) is 0 Å². The van der Waals surface area contributed by atoms with Crippen LogP contribution in [0.15, 0.2) is 30.3 Å². The molecule has 1 nitrogen and oxygen atoms in total. The second-order valence-electron chi connectivity index (χ2n) is 6.48. The number of benzene rings is 1. The molecule has 0 saturated heterocycles. The summed E-state index contributed by atoms with van der Waals surface area (Å²) in [5.74, 6) is 0. The van der Waals surface area contributed by atoms with E-state index in [2.05, 4.69) is 49.5 Å². The lowest BCUT2D eigenvalue weighted by Crippen LogP contribution is -2.30. The van der Waals surface area contributed by atoms with Gasteiger partial charge in [-0.15, -0.1) is 0 Å². The van der Waals surface area contributed by atoms with Gasteiger partial charge in [0.15, 0.2) is 0 Å². The fraction of sp³-hybridized carbons (Fsp3) is 0.647. The summed E-state index contributed by atoms with van der Waals surface area (Å²) in [5, 5.41) is 3.75. The first kappa shape index (κ1) is 13.6. The summed E-state index contributed by atoms with van der Waals surface area (Å²) < 4.78 is 0. The Balaban J connectivity index is 1.71. The first-order chi connectivity index (χ1) is 8.66. The van der Waals surface area contributed by atoms with E-state index in [0.29, 0.717) is 5.41 Å². The molecule has 1 fully saturated rings. The van der Waals surface area contributed by atoms with Crippen LogP contribution in [0.5, 0.6) is 0 Å². The number of hydrogen-bond acceptors (Lipinski definition) is 1. The van der Waals surface area contributed by atoms with E-state index in [1.165, 1.54) is 37.7 Å². The van der Waals surface area contributed by atoms with E-state index >= 15 is 0 Å². The van der Waals surface area contributed by atoms with Crippen molar-refractivity contribution in [3.8, 4) is 0 Å². The third-order valence-electron chi connectivity index (χ3n) is 4.27. The molecule has 1 aliphatic rings. The van der Waals surface area contributed by atoms with E-state index in [1.54, 1.807) is 0 Å². The Bertz CT molecular complexity index is 342. The second kappa shape index (κ2) is 6.38. The number of rotatable bonds is 4. The molecule has 0 heterocycles. The Morgan fingerprint density at radius 1 is 1.11 bits per heavy atom. The molecule has 0 amide bonds. The Labute approximate surface area is 112 Å². The molecule has 1 N–H and O–H groups in total. The second-order valence-corrected chi connectivity index (χ2v) is 6.48. The van der Waals surface area contributed by atoms with Crippen molar-refractivity contribution in [3.05, 3.63) is 35.9 Å². The number of nitrogens with one attached hydrogen (secondary N) is 1. The zero-order valence-corrected chi connectivity index (χ0v) is 11.9. The van der Waals surface area contributed by atoms with Crippen LogP contribution in [0, 0.1) is 5.41 Å². The summed E-state index contributed by atoms with van der Waals surface area (Å²) >= 11 is 0. The van der Waals surface area contributed by atoms with Gasteiger partial charge in [-0.3, -0.25) is 0 Å². The molecule has 0 bridgehead atoms. The van der Waals surface area contributed by atoms with Gasteiger partial charge in [0.25, 0.3) is 0 Å². The van der Waals surface area contributed by atoms with E-state index in [-0.39, 0.29) is 0 Å². The molecule has 1 saturated carbocycles.